The highest BCUT2D eigenvalue weighted by Crippen LogP contribution is 2.17. The zero-order chi connectivity index (χ0) is 11.4. The third-order valence-electron chi connectivity index (χ3n) is 1.58. The minimum absolute atomic E-state index is 0.239. The quantitative estimate of drug-likeness (QED) is 0.590. The van der Waals surface area contributed by atoms with Crippen molar-refractivity contribution in [3.05, 3.63) is 29.3 Å². The number of anilines is 1. The van der Waals surface area contributed by atoms with Crippen molar-refractivity contribution in [2.75, 3.05) is 12.3 Å². The van der Waals surface area contributed by atoms with Gasteiger partial charge in [0.1, 0.15) is 6.07 Å². The first kappa shape index (κ1) is 10.9. The second kappa shape index (κ2) is 4.37. The van der Waals surface area contributed by atoms with Crippen LogP contribution in [0.2, 0.25) is 0 Å². The van der Waals surface area contributed by atoms with Gasteiger partial charge in [0.05, 0.1) is 5.56 Å². The Morgan fingerprint density at radius 1 is 1.47 bits per heavy atom. The Balaban J connectivity index is 3.00. The van der Waals surface area contributed by atoms with Crippen LogP contribution in [0.4, 0.5) is 14.5 Å². The van der Waals surface area contributed by atoms with Gasteiger partial charge < -0.3 is 10.5 Å². The van der Waals surface area contributed by atoms with Crippen molar-refractivity contribution in [1.82, 2.24) is 0 Å². The Morgan fingerprint density at radius 2 is 2.07 bits per heavy atom. The number of esters is 1. The van der Waals surface area contributed by atoms with E-state index in [0.29, 0.717) is 12.1 Å². The average Bonchev–Trinajstić information content (AvgIpc) is 2.20. The highest BCUT2D eigenvalue weighted by atomic mass is 19.2. The second-order valence-electron chi connectivity index (χ2n) is 2.59. The summed E-state index contributed by atoms with van der Waals surface area (Å²) in [5, 5.41) is 8.14. The molecule has 1 aromatic carbocycles. The average molecular weight is 212 g/mol. The van der Waals surface area contributed by atoms with Crippen molar-refractivity contribution in [3.8, 4) is 6.07 Å². The lowest BCUT2D eigenvalue weighted by atomic mass is 10.1. The molecule has 0 bridgehead atoms. The highest BCUT2D eigenvalue weighted by Gasteiger charge is 2.15. The summed E-state index contributed by atoms with van der Waals surface area (Å²) < 4.78 is 29.7. The van der Waals surface area contributed by atoms with E-state index in [1.807, 2.05) is 0 Å². The summed E-state index contributed by atoms with van der Waals surface area (Å²) in [5.74, 6) is -3.31. The third kappa shape index (κ3) is 2.40. The topological polar surface area (TPSA) is 76.1 Å². The fraction of sp³-hybridized carbons (Fsp3) is 0.111. The summed E-state index contributed by atoms with van der Waals surface area (Å²) in [5.41, 5.74) is 4.73. The Labute approximate surface area is 83.9 Å². The molecule has 0 fully saturated rings. The van der Waals surface area contributed by atoms with Crippen LogP contribution < -0.4 is 5.73 Å². The molecule has 0 radical (unpaired) electrons. The molecule has 0 saturated heterocycles. The van der Waals surface area contributed by atoms with E-state index in [-0.39, 0.29) is 11.3 Å². The predicted molar refractivity (Wildman–Crippen MR) is 46.7 cm³/mol. The van der Waals surface area contributed by atoms with E-state index in [0.717, 1.165) is 0 Å². The highest BCUT2D eigenvalue weighted by molar-refractivity contribution is 5.95. The lowest BCUT2D eigenvalue weighted by Crippen LogP contribution is -2.09. The molecule has 0 spiro atoms. The van der Waals surface area contributed by atoms with Crippen LogP contribution in [-0.2, 0) is 4.74 Å². The number of hydrogen-bond acceptors (Lipinski definition) is 4. The SMILES string of the molecule is N#CCOC(=O)c1cc(F)c(F)cc1N. The number of nitriles is 1. The van der Waals surface area contributed by atoms with Crippen LogP contribution in [0.25, 0.3) is 0 Å². The van der Waals surface area contributed by atoms with Gasteiger partial charge in [-0.15, -0.1) is 0 Å². The van der Waals surface area contributed by atoms with E-state index in [4.69, 9.17) is 11.0 Å². The van der Waals surface area contributed by atoms with Crippen molar-refractivity contribution in [3.63, 3.8) is 0 Å². The summed E-state index contributed by atoms with van der Waals surface area (Å²) >= 11 is 0. The minimum atomic E-state index is -1.20. The predicted octanol–water partition coefficient (Wildman–Crippen LogP) is 1.23. The van der Waals surface area contributed by atoms with Gasteiger partial charge in [-0.1, -0.05) is 0 Å². The first-order chi connectivity index (χ1) is 7.06. The number of halogens is 2. The lowest BCUT2D eigenvalue weighted by molar-refractivity contribution is 0.0555. The van der Waals surface area contributed by atoms with Gasteiger partial charge in [-0.2, -0.15) is 5.26 Å². The molecule has 4 nitrogen and oxygen atoms in total. The molecule has 15 heavy (non-hydrogen) atoms. The van der Waals surface area contributed by atoms with Crippen LogP contribution >= 0.6 is 0 Å². The maximum absolute atomic E-state index is 12.7. The number of carbonyl (C=O) groups is 1. The molecule has 0 unspecified atom stereocenters. The van der Waals surface area contributed by atoms with Crippen LogP contribution in [0, 0.1) is 23.0 Å². The second-order valence-corrected chi connectivity index (χ2v) is 2.59. The van der Waals surface area contributed by atoms with Crippen molar-refractivity contribution in [2.24, 2.45) is 0 Å². The fourth-order valence-corrected chi connectivity index (χ4v) is 0.915. The zero-order valence-electron chi connectivity index (χ0n) is 7.46. The van der Waals surface area contributed by atoms with Gasteiger partial charge in [0.25, 0.3) is 0 Å². The third-order valence-corrected chi connectivity index (χ3v) is 1.58. The van der Waals surface area contributed by atoms with E-state index < -0.39 is 24.2 Å². The van der Waals surface area contributed by atoms with Gasteiger partial charge >= 0.3 is 5.97 Å². The molecule has 0 aromatic heterocycles. The summed E-state index contributed by atoms with van der Waals surface area (Å²) in [6, 6.07) is 2.87. The van der Waals surface area contributed by atoms with Crippen molar-refractivity contribution in [1.29, 1.82) is 5.26 Å². The molecule has 1 aromatic rings. The monoisotopic (exact) mass is 212 g/mol. The van der Waals surface area contributed by atoms with Gasteiger partial charge in [-0.25, -0.2) is 13.6 Å². The van der Waals surface area contributed by atoms with E-state index in [1.165, 1.54) is 0 Å². The summed E-state index contributed by atoms with van der Waals surface area (Å²) in [6.07, 6.45) is 0. The molecular formula is C9H6F2N2O2. The van der Waals surface area contributed by atoms with Crippen LogP contribution in [0.3, 0.4) is 0 Å². The van der Waals surface area contributed by atoms with Crippen molar-refractivity contribution < 1.29 is 18.3 Å². The molecule has 0 atom stereocenters. The number of hydrogen-bond donors (Lipinski definition) is 1. The molecule has 0 aliphatic carbocycles. The van der Waals surface area contributed by atoms with E-state index in [1.54, 1.807) is 6.07 Å². The number of rotatable bonds is 2. The van der Waals surface area contributed by atoms with Crippen LogP contribution in [0.1, 0.15) is 10.4 Å². The molecule has 0 amide bonds. The lowest BCUT2D eigenvalue weighted by Gasteiger charge is -2.04. The first-order valence-corrected chi connectivity index (χ1v) is 3.85. The molecule has 78 valence electrons. The van der Waals surface area contributed by atoms with Crippen molar-refractivity contribution >= 4 is 11.7 Å². The van der Waals surface area contributed by atoms with Gasteiger partial charge in [-0.05, 0) is 6.07 Å². The zero-order valence-corrected chi connectivity index (χ0v) is 7.46. The smallest absolute Gasteiger partial charge is 0.341 e. The molecule has 0 aliphatic heterocycles. The molecule has 0 heterocycles. The standard InChI is InChI=1S/C9H6F2N2O2/c10-6-3-5(8(13)4-7(6)11)9(14)15-2-1-12/h3-4H,2,13H2. The summed E-state index contributed by atoms with van der Waals surface area (Å²) in [4.78, 5) is 11.1. The van der Waals surface area contributed by atoms with Crippen LogP contribution in [0.5, 0.6) is 0 Å². The van der Waals surface area contributed by atoms with E-state index in [2.05, 4.69) is 4.74 Å². The van der Waals surface area contributed by atoms with Gasteiger partial charge in [-0.3, -0.25) is 0 Å². The van der Waals surface area contributed by atoms with Gasteiger partial charge in [0.15, 0.2) is 18.2 Å². The minimum Gasteiger partial charge on any atom is -0.447 e. The van der Waals surface area contributed by atoms with E-state index in [9.17, 15) is 13.6 Å². The van der Waals surface area contributed by atoms with Gasteiger partial charge in [0, 0.05) is 11.8 Å². The number of nitrogens with zero attached hydrogens (tertiary/aromatic N) is 1. The Hall–Kier alpha value is -2.16. The Bertz CT molecular complexity index is 440. The first-order valence-electron chi connectivity index (χ1n) is 3.85. The van der Waals surface area contributed by atoms with Crippen LogP contribution in [-0.4, -0.2) is 12.6 Å². The van der Waals surface area contributed by atoms with Gasteiger partial charge in [0.2, 0.25) is 0 Å². The number of benzene rings is 1. The Kier molecular flexibility index (Phi) is 3.18. The number of ether oxygens (including phenoxy) is 1. The number of carbonyl (C=O) groups excluding carboxylic acids is 1. The van der Waals surface area contributed by atoms with Crippen LogP contribution in [0.15, 0.2) is 12.1 Å². The largest absolute Gasteiger partial charge is 0.447 e. The van der Waals surface area contributed by atoms with Crippen molar-refractivity contribution in [2.45, 2.75) is 0 Å². The number of nitrogen functional groups attached to an aromatic ring is 1. The molecule has 2 N–H and O–H groups in total. The molecule has 0 saturated carbocycles. The van der Waals surface area contributed by atoms with E-state index >= 15 is 0 Å². The normalized spacial score (nSPS) is 9.40. The molecule has 1 rings (SSSR count). The maximum atomic E-state index is 12.7. The summed E-state index contributed by atoms with van der Waals surface area (Å²) in [6.45, 7) is -0.475. The molecular weight excluding hydrogens is 206 g/mol. The fourth-order valence-electron chi connectivity index (χ4n) is 0.915. The number of nitrogens with two attached hydrogens (primary N) is 1. The molecule has 0 aliphatic rings. The summed E-state index contributed by atoms with van der Waals surface area (Å²) in [7, 11) is 0. The molecule has 6 heteroatoms. The Morgan fingerprint density at radius 3 is 2.67 bits per heavy atom. The maximum Gasteiger partial charge on any atom is 0.341 e.